The van der Waals surface area contributed by atoms with Crippen LogP contribution in [0.25, 0.3) is 0 Å². The Bertz CT molecular complexity index is 361. The van der Waals surface area contributed by atoms with E-state index in [0.29, 0.717) is 24.0 Å². The Kier molecular flexibility index (Phi) is 2.63. The molecule has 0 saturated carbocycles. The molecule has 0 aliphatic carbocycles. The summed E-state index contributed by atoms with van der Waals surface area (Å²) in [5.41, 5.74) is -0.399. The predicted octanol–water partition coefficient (Wildman–Crippen LogP) is 1.99. The molecule has 1 N–H and O–H groups in total. The molecule has 3 heterocycles. The van der Waals surface area contributed by atoms with Crippen LogP contribution in [0.4, 0.5) is 4.79 Å². The van der Waals surface area contributed by atoms with Crippen LogP contribution in [0.5, 0.6) is 0 Å². The summed E-state index contributed by atoms with van der Waals surface area (Å²) in [5.74, 6) is 1.30. The Hall–Kier alpha value is -0.770. The van der Waals surface area contributed by atoms with Crippen LogP contribution in [0.1, 0.15) is 40.5 Å². The van der Waals surface area contributed by atoms with Crippen molar-refractivity contribution in [2.24, 2.45) is 11.8 Å². The minimum atomic E-state index is -0.399. The Morgan fingerprint density at radius 2 is 1.94 bits per heavy atom. The summed E-state index contributed by atoms with van der Waals surface area (Å²) >= 11 is 0. The van der Waals surface area contributed by atoms with Gasteiger partial charge in [0.05, 0.1) is 6.04 Å². The Morgan fingerprint density at radius 1 is 1.28 bits per heavy atom. The van der Waals surface area contributed by atoms with Gasteiger partial charge in [0, 0.05) is 12.1 Å². The number of ether oxygens (including phenoxy) is 1. The average Bonchev–Trinajstić information content (AvgIpc) is 2.35. The van der Waals surface area contributed by atoms with Crippen LogP contribution >= 0.6 is 0 Å². The maximum Gasteiger partial charge on any atom is 0.410 e. The molecule has 3 saturated heterocycles. The molecule has 3 aliphatic rings. The first-order valence-corrected chi connectivity index (χ1v) is 7.11. The van der Waals surface area contributed by atoms with E-state index in [4.69, 9.17) is 4.74 Å². The van der Waals surface area contributed by atoms with Gasteiger partial charge in [-0.05, 0) is 52.0 Å². The highest BCUT2D eigenvalue weighted by atomic mass is 16.6. The topological polar surface area (TPSA) is 41.6 Å². The molecule has 4 nitrogen and oxygen atoms in total. The summed E-state index contributed by atoms with van der Waals surface area (Å²) in [5, 5.41) is 3.62. The molecule has 3 rings (SSSR count). The van der Waals surface area contributed by atoms with Gasteiger partial charge in [-0.3, -0.25) is 0 Å². The second-order valence-electron chi connectivity index (χ2n) is 7.15. The molecule has 1 unspecified atom stereocenters. The van der Waals surface area contributed by atoms with Gasteiger partial charge in [0.1, 0.15) is 5.60 Å². The lowest BCUT2D eigenvalue weighted by Crippen LogP contribution is -2.56. The van der Waals surface area contributed by atoms with E-state index >= 15 is 0 Å². The van der Waals surface area contributed by atoms with Crippen LogP contribution in [0.15, 0.2) is 0 Å². The van der Waals surface area contributed by atoms with Crippen LogP contribution < -0.4 is 5.32 Å². The van der Waals surface area contributed by atoms with Crippen LogP contribution in [0.2, 0.25) is 0 Å². The van der Waals surface area contributed by atoms with Crippen LogP contribution in [0.3, 0.4) is 0 Å². The summed E-state index contributed by atoms with van der Waals surface area (Å²) in [7, 11) is 0. The summed E-state index contributed by atoms with van der Waals surface area (Å²) in [6, 6.07) is 1.21. The largest absolute Gasteiger partial charge is 0.444 e. The van der Waals surface area contributed by atoms with Crippen molar-refractivity contribution in [3.63, 3.8) is 0 Å². The molecular formula is C14H24N2O2. The minimum Gasteiger partial charge on any atom is -0.444 e. The van der Waals surface area contributed by atoms with Gasteiger partial charge in [-0.25, -0.2) is 4.79 Å². The molecule has 3 fully saturated rings. The van der Waals surface area contributed by atoms with Gasteiger partial charge in [-0.1, -0.05) is 6.92 Å². The molecule has 4 heteroatoms. The molecule has 0 aromatic heterocycles. The molecule has 3 aliphatic heterocycles. The van der Waals surface area contributed by atoms with Crippen molar-refractivity contribution in [3.05, 3.63) is 0 Å². The number of amides is 1. The third-order valence-corrected chi connectivity index (χ3v) is 4.70. The van der Waals surface area contributed by atoms with E-state index in [9.17, 15) is 4.79 Å². The number of fused-ring (bicyclic) bond motifs is 2. The van der Waals surface area contributed by atoms with Crippen LogP contribution in [-0.2, 0) is 4.74 Å². The molecule has 18 heavy (non-hydrogen) atoms. The standard InChI is InChI=1S/C14H24N2O2/c1-8-10-5-9-6-11(12(8)15-7-9)16(10)13(17)18-14(2,3)4/h8-12,15H,5-7H2,1-4H3/t8-,9-,10-,11?,12+/m0/s1. The fraction of sp³-hybridized carbons (Fsp3) is 0.929. The molecule has 102 valence electrons. The number of rotatable bonds is 0. The van der Waals surface area contributed by atoms with Crippen molar-refractivity contribution >= 4 is 6.09 Å². The second-order valence-corrected chi connectivity index (χ2v) is 7.15. The number of carbonyl (C=O) groups is 1. The third-order valence-electron chi connectivity index (χ3n) is 4.70. The number of hydrogen-bond acceptors (Lipinski definition) is 3. The van der Waals surface area contributed by atoms with Gasteiger partial charge in [-0.2, -0.15) is 0 Å². The zero-order valence-corrected chi connectivity index (χ0v) is 11.8. The highest BCUT2D eigenvalue weighted by molar-refractivity contribution is 5.70. The van der Waals surface area contributed by atoms with Crippen molar-refractivity contribution in [1.82, 2.24) is 10.2 Å². The predicted molar refractivity (Wildman–Crippen MR) is 69.3 cm³/mol. The first-order chi connectivity index (χ1) is 8.37. The average molecular weight is 252 g/mol. The van der Waals surface area contributed by atoms with Gasteiger partial charge >= 0.3 is 6.09 Å². The number of nitrogens with one attached hydrogen (secondary N) is 1. The number of hydrogen-bond donors (Lipinski definition) is 1. The molecular weight excluding hydrogens is 228 g/mol. The van der Waals surface area contributed by atoms with Crippen molar-refractivity contribution < 1.29 is 9.53 Å². The lowest BCUT2D eigenvalue weighted by Gasteiger charge is -2.43. The van der Waals surface area contributed by atoms with Crippen molar-refractivity contribution in [2.75, 3.05) is 6.54 Å². The van der Waals surface area contributed by atoms with Gasteiger partial charge < -0.3 is 15.0 Å². The van der Waals surface area contributed by atoms with E-state index in [0.717, 1.165) is 25.3 Å². The van der Waals surface area contributed by atoms with E-state index in [1.165, 1.54) is 0 Å². The molecule has 1 amide bonds. The van der Waals surface area contributed by atoms with Gasteiger partial charge in [0.25, 0.3) is 0 Å². The number of piperidine rings is 2. The second kappa shape index (κ2) is 3.86. The first kappa shape index (κ1) is 12.3. The molecule has 3 bridgehead atoms. The number of carbonyl (C=O) groups excluding carboxylic acids is 1. The quantitative estimate of drug-likeness (QED) is 0.717. The normalized spacial score (nSPS) is 42.2. The highest BCUT2D eigenvalue weighted by Crippen LogP contribution is 2.45. The molecule has 5 atom stereocenters. The maximum atomic E-state index is 12.4. The van der Waals surface area contributed by atoms with Gasteiger partial charge in [-0.15, -0.1) is 0 Å². The lowest BCUT2D eigenvalue weighted by atomic mass is 9.88. The maximum absolute atomic E-state index is 12.4. The van der Waals surface area contributed by atoms with E-state index < -0.39 is 5.60 Å². The fourth-order valence-corrected chi connectivity index (χ4v) is 4.01. The van der Waals surface area contributed by atoms with Crippen molar-refractivity contribution in [1.29, 1.82) is 0 Å². The van der Waals surface area contributed by atoms with Gasteiger partial charge in [0.15, 0.2) is 0 Å². The van der Waals surface area contributed by atoms with Gasteiger partial charge in [0.2, 0.25) is 0 Å². The van der Waals surface area contributed by atoms with E-state index in [1.54, 1.807) is 0 Å². The smallest absolute Gasteiger partial charge is 0.410 e. The van der Waals surface area contributed by atoms with Crippen molar-refractivity contribution in [2.45, 2.75) is 64.3 Å². The molecule has 0 radical (unpaired) electrons. The Morgan fingerprint density at radius 3 is 2.61 bits per heavy atom. The summed E-state index contributed by atoms with van der Waals surface area (Å²) in [4.78, 5) is 14.4. The monoisotopic (exact) mass is 252 g/mol. The van der Waals surface area contributed by atoms with Crippen molar-refractivity contribution in [3.8, 4) is 0 Å². The number of nitrogens with zero attached hydrogens (tertiary/aromatic N) is 1. The zero-order chi connectivity index (χ0) is 13.1. The molecule has 0 aromatic rings. The lowest BCUT2D eigenvalue weighted by molar-refractivity contribution is -0.00426. The van der Waals surface area contributed by atoms with E-state index in [2.05, 4.69) is 12.2 Å². The first-order valence-electron chi connectivity index (χ1n) is 7.11. The highest BCUT2D eigenvalue weighted by Gasteiger charge is 2.56. The Balaban J connectivity index is 1.81. The van der Waals surface area contributed by atoms with E-state index in [-0.39, 0.29) is 6.09 Å². The fourth-order valence-electron chi connectivity index (χ4n) is 4.01. The minimum absolute atomic E-state index is 0.117. The summed E-state index contributed by atoms with van der Waals surface area (Å²) < 4.78 is 5.57. The summed E-state index contributed by atoms with van der Waals surface area (Å²) in [6.07, 6.45) is 2.17. The molecule has 0 aromatic carbocycles. The summed E-state index contributed by atoms with van der Waals surface area (Å²) in [6.45, 7) is 9.21. The Labute approximate surface area is 109 Å². The van der Waals surface area contributed by atoms with Crippen LogP contribution in [-0.4, -0.2) is 41.3 Å². The zero-order valence-electron chi connectivity index (χ0n) is 11.8. The molecule has 0 spiro atoms. The third kappa shape index (κ3) is 1.81. The SMILES string of the molecule is C[C@@H]1[C@H]2NC[C@@H]3CC2N(C(=O)OC(C)(C)C)[C@H]1C3. The van der Waals surface area contributed by atoms with Crippen LogP contribution in [0, 0.1) is 11.8 Å². The van der Waals surface area contributed by atoms with E-state index in [1.807, 2.05) is 25.7 Å².